The van der Waals surface area contributed by atoms with E-state index in [0.717, 1.165) is 0 Å². The summed E-state index contributed by atoms with van der Waals surface area (Å²) in [4.78, 5) is 41.7. The number of ether oxygens (including phenoxy) is 2. The van der Waals surface area contributed by atoms with Crippen LogP contribution in [-0.4, -0.2) is 45.9 Å². The van der Waals surface area contributed by atoms with Crippen molar-refractivity contribution in [3.63, 3.8) is 0 Å². The average molecular weight is 477 g/mol. The third-order valence-electron chi connectivity index (χ3n) is 12.8. The summed E-state index contributed by atoms with van der Waals surface area (Å²) in [6.45, 7) is 6.75. The molecule has 0 radical (unpaired) electrons. The lowest BCUT2D eigenvalue weighted by Gasteiger charge is -2.47. The Morgan fingerprint density at radius 1 is 0.765 bits per heavy atom. The van der Waals surface area contributed by atoms with Gasteiger partial charge in [-0.05, 0) is 55.1 Å². The highest BCUT2D eigenvalue weighted by Gasteiger charge is 3.01. The quantitative estimate of drug-likeness (QED) is 0.352. The summed E-state index contributed by atoms with van der Waals surface area (Å²) in [7, 11) is 1.00. The molecule has 6 nitrogen and oxygen atoms in total. The van der Waals surface area contributed by atoms with E-state index < -0.39 is 19.3 Å². The normalized spacial score (nSPS) is 61.8. The minimum Gasteiger partial charge on any atom is -0.469 e. The van der Waals surface area contributed by atoms with Gasteiger partial charge in [0.25, 0.3) is 0 Å². The van der Waals surface area contributed by atoms with Crippen LogP contribution in [0.3, 0.4) is 0 Å². The summed E-state index contributed by atoms with van der Waals surface area (Å²) in [5, 5.41) is 0. The Morgan fingerprint density at radius 2 is 1.29 bits per heavy atom. The zero-order valence-corrected chi connectivity index (χ0v) is 21.0. The maximum Gasteiger partial charge on any atom is 0.316 e. The van der Waals surface area contributed by atoms with Gasteiger partial charge in [-0.2, -0.15) is 0 Å². The number of ketones is 1. The number of allylic oxidation sites excluding steroid dienone is 2. The number of hydrogen-bond acceptors (Lipinski definition) is 6. The van der Waals surface area contributed by atoms with Gasteiger partial charge in [0.2, 0.25) is 0 Å². The van der Waals surface area contributed by atoms with Crippen LogP contribution in [0.1, 0.15) is 0 Å². The van der Waals surface area contributed by atoms with Crippen LogP contribution in [0.2, 0.25) is 19.6 Å². The van der Waals surface area contributed by atoms with E-state index in [1.54, 1.807) is 7.11 Å². The predicted molar refractivity (Wildman–Crippen MR) is 118 cm³/mol. The second-order valence-electron chi connectivity index (χ2n) is 13.9. The van der Waals surface area contributed by atoms with Crippen LogP contribution >= 0.6 is 0 Å². The van der Waals surface area contributed by atoms with Gasteiger partial charge in [-0.15, -0.1) is 0 Å². The van der Waals surface area contributed by atoms with Crippen LogP contribution in [0, 0.1) is 82.3 Å². The first kappa shape index (κ1) is 18.5. The van der Waals surface area contributed by atoms with E-state index in [0.29, 0.717) is 5.78 Å². The van der Waals surface area contributed by atoms with E-state index in [2.05, 4.69) is 19.6 Å². The molecule has 0 spiro atoms. The average Bonchev–Trinajstić information content (AvgIpc) is 3.56. The third kappa shape index (κ3) is 1.20. The zero-order valence-electron chi connectivity index (χ0n) is 20.0. The van der Waals surface area contributed by atoms with Gasteiger partial charge in [-0.3, -0.25) is 14.4 Å². The zero-order chi connectivity index (χ0) is 23.2. The maximum atomic E-state index is 14.2. The van der Waals surface area contributed by atoms with Gasteiger partial charge in [-0.25, -0.2) is 0 Å². The van der Waals surface area contributed by atoms with Gasteiger partial charge < -0.3 is 13.9 Å². The van der Waals surface area contributed by atoms with Crippen molar-refractivity contribution in [1.29, 1.82) is 0 Å². The summed E-state index contributed by atoms with van der Waals surface area (Å²) in [6, 6.07) is 0. The molecule has 0 N–H and O–H groups in total. The Balaban J connectivity index is 1.40. The second kappa shape index (κ2) is 4.56. The number of Topliss-reactive ketones (excluding diaryl/α,β-unsaturated/α-hetero) is 1. The first-order chi connectivity index (χ1) is 16.2. The number of carbonyl (C=O) groups is 3. The highest BCUT2D eigenvalue weighted by Crippen LogP contribution is 2.98. The van der Waals surface area contributed by atoms with E-state index in [4.69, 9.17) is 13.9 Å². The maximum absolute atomic E-state index is 14.2. The van der Waals surface area contributed by atoms with Gasteiger partial charge in [0.15, 0.2) is 8.32 Å². The molecule has 0 aromatic rings. The van der Waals surface area contributed by atoms with Gasteiger partial charge in [0, 0.05) is 35.5 Å². The molecule has 0 aromatic heterocycles. The van der Waals surface area contributed by atoms with E-state index in [9.17, 15) is 14.4 Å². The van der Waals surface area contributed by atoms with Gasteiger partial charge in [0.1, 0.15) is 11.2 Å². The molecule has 10 aliphatic rings. The third-order valence-corrected chi connectivity index (χ3v) is 13.8. The van der Waals surface area contributed by atoms with Crippen LogP contribution in [-0.2, 0) is 28.3 Å². The minimum atomic E-state index is -2.05. The molecule has 0 amide bonds. The summed E-state index contributed by atoms with van der Waals surface area (Å²) in [5.41, 5.74) is 4.13. The summed E-state index contributed by atoms with van der Waals surface area (Å²) in [6.07, 6.45) is 0. The molecule has 176 valence electrons. The Kier molecular flexibility index (Phi) is 2.48. The number of rotatable bonds is 4. The smallest absolute Gasteiger partial charge is 0.316 e. The van der Waals surface area contributed by atoms with Gasteiger partial charge in [-0.1, -0.05) is 22.3 Å². The van der Waals surface area contributed by atoms with Crippen molar-refractivity contribution >= 4 is 26.0 Å². The Hall–Kier alpha value is -1.73. The van der Waals surface area contributed by atoms with Crippen molar-refractivity contribution in [2.24, 2.45) is 82.3 Å². The second-order valence-corrected chi connectivity index (χ2v) is 18.3. The van der Waals surface area contributed by atoms with Crippen LogP contribution in [0.4, 0.5) is 0 Å². The predicted octanol–water partition coefficient (Wildman–Crippen LogP) is 2.22. The van der Waals surface area contributed by atoms with Crippen molar-refractivity contribution in [3.8, 4) is 0 Å². The molecule has 0 aromatic carbocycles. The van der Waals surface area contributed by atoms with Crippen LogP contribution < -0.4 is 0 Å². The first-order valence-corrected chi connectivity index (χ1v) is 16.5. The molecular weight excluding hydrogens is 448 g/mol. The number of methoxy groups -OCH3 is 2. The lowest BCUT2D eigenvalue weighted by Crippen LogP contribution is -2.60. The van der Waals surface area contributed by atoms with E-state index in [1.165, 1.54) is 29.4 Å². The molecular formula is C27H28O6Si. The van der Waals surface area contributed by atoms with Gasteiger partial charge in [0.05, 0.1) is 25.7 Å². The Morgan fingerprint density at radius 3 is 1.74 bits per heavy atom. The summed E-state index contributed by atoms with van der Waals surface area (Å²) in [5.74, 6) is 1.53. The molecule has 34 heavy (non-hydrogen) atoms. The highest BCUT2D eigenvalue weighted by atomic mass is 28.4. The SMILES string of the molecule is COC(=O)C1C2C3=C4C5C6C3C(=O)C3C7=C8C(C36)C5(O[Si](C)(C)C)C3(C(=O)OC)C4C2C(C71)C83. The highest BCUT2D eigenvalue weighted by molar-refractivity contribution is 6.69. The van der Waals surface area contributed by atoms with E-state index >= 15 is 0 Å². The molecule has 6 fully saturated rings. The Bertz CT molecular complexity index is 1250. The first-order valence-electron chi connectivity index (χ1n) is 13.1. The molecule has 0 aliphatic heterocycles. The number of fused-ring (bicyclic) bond motifs is 4. The minimum absolute atomic E-state index is 0.0594. The molecule has 12 atom stereocenters. The molecule has 0 bridgehead atoms. The fraction of sp³-hybridized carbons (Fsp3) is 0.741. The molecule has 6 saturated carbocycles. The summed E-state index contributed by atoms with van der Waals surface area (Å²) < 4.78 is 18.6. The fourth-order valence-corrected chi connectivity index (χ4v) is 15.2. The Labute approximate surface area is 198 Å². The standard InChI is InChI=1S/C27H28O6Si/c1-31-24(29)16-6-8-14-12-13-15(23(14)28)9-7(16)11-10(6)19-17(8)21(12)27(33-34(3,4)5)22(13)18(9)20(11)26(19,27)25(30)32-2/h6-7,10-16,19-22H,1-5H3. The monoisotopic (exact) mass is 476 g/mol. The van der Waals surface area contributed by atoms with E-state index in [1.807, 2.05) is 0 Å². The van der Waals surface area contributed by atoms with Crippen LogP contribution in [0.15, 0.2) is 22.3 Å². The molecule has 0 heterocycles. The van der Waals surface area contributed by atoms with Crippen molar-refractivity contribution in [3.05, 3.63) is 22.3 Å². The lowest BCUT2D eigenvalue weighted by atomic mass is 9.66. The van der Waals surface area contributed by atoms with Gasteiger partial charge >= 0.3 is 11.9 Å². The van der Waals surface area contributed by atoms with Crippen molar-refractivity contribution < 1.29 is 28.3 Å². The van der Waals surface area contributed by atoms with Crippen LogP contribution in [0.5, 0.6) is 0 Å². The number of esters is 2. The number of hydrogen-bond donors (Lipinski definition) is 0. The lowest BCUT2D eigenvalue weighted by molar-refractivity contribution is -0.174. The van der Waals surface area contributed by atoms with Crippen molar-refractivity contribution in [2.45, 2.75) is 25.2 Å². The molecule has 10 rings (SSSR count). The van der Waals surface area contributed by atoms with Crippen LogP contribution in [0.25, 0.3) is 0 Å². The molecule has 7 heteroatoms. The number of carbonyl (C=O) groups excluding carboxylic acids is 3. The summed E-state index contributed by atoms with van der Waals surface area (Å²) >= 11 is 0. The largest absolute Gasteiger partial charge is 0.469 e. The topological polar surface area (TPSA) is 78.9 Å². The molecule has 10 aliphatic carbocycles. The van der Waals surface area contributed by atoms with E-state index in [-0.39, 0.29) is 88.9 Å². The molecule has 0 saturated heterocycles. The molecule has 12 unspecified atom stereocenters. The van der Waals surface area contributed by atoms with Crippen molar-refractivity contribution in [2.75, 3.05) is 14.2 Å². The fourth-order valence-electron chi connectivity index (χ4n) is 13.8. The van der Waals surface area contributed by atoms with Crippen molar-refractivity contribution in [1.82, 2.24) is 0 Å².